The number of ether oxygens (including phenoxy) is 1. The van der Waals surface area contributed by atoms with Gasteiger partial charge in [0.25, 0.3) is 5.91 Å². The van der Waals surface area contributed by atoms with Crippen LogP contribution in [0.1, 0.15) is 34.1 Å². The summed E-state index contributed by atoms with van der Waals surface area (Å²) in [4.78, 5) is 15.0. The van der Waals surface area contributed by atoms with Crippen LogP contribution in [-0.4, -0.2) is 41.3 Å². The molecule has 1 aromatic heterocycles. The normalized spacial score (nSPS) is 15.8. The summed E-state index contributed by atoms with van der Waals surface area (Å²) in [5, 5.41) is 8.42. The number of rotatable bonds is 6. The highest BCUT2D eigenvalue weighted by Crippen LogP contribution is 2.44. The summed E-state index contributed by atoms with van der Waals surface area (Å²) >= 11 is 16.1. The van der Waals surface area contributed by atoms with Crippen LogP contribution in [0.3, 0.4) is 0 Å². The molecule has 1 unspecified atom stereocenters. The highest BCUT2D eigenvalue weighted by atomic mass is 79.9. The van der Waals surface area contributed by atoms with Gasteiger partial charge in [0, 0.05) is 40.9 Å². The van der Waals surface area contributed by atoms with E-state index in [4.69, 9.17) is 27.9 Å². The van der Waals surface area contributed by atoms with Gasteiger partial charge in [-0.25, -0.2) is 0 Å². The molecule has 2 heterocycles. The molecule has 150 valence electrons. The van der Waals surface area contributed by atoms with E-state index in [0.717, 1.165) is 27.6 Å². The molecule has 0 aliphatic carbocycles. The summed E-state index contributed by atoms with van der Waals surface area (Å²) in [5.41, 5.74) is 3.72. The standard InChI is InChI=1S/C21H18BrCl2N3O2/c1-29-9-3-8-27-20(12-4-2-5-13(22)10-12)17-18(25-26-19(17)21(27)28)15-7-6-14(23)11-16(15)24/h2,4-7,10-11,20H,3,8-9H2,1H3,(H,25,26). The minimum atomic E-state index is -0.271. The summed E-state index contributed by atoms with van der Waals surface area (Å²) in [6.45, 7) is 1.15. The van der Waals surface area contributed by atoms with E-state index in [2.05, 4.69) is 26.1 Å². The summed E-state index contributed by atoms with van der Waals surface area (Å²) in [6, 6.07) is 13.0. The minimum Gasteiger partial charge on any atom is -0.385 e. The van der Waals surface area contributed by atoms with Crippen LogP contribution in [0.15, 0.2) is 46.9 Å². The van der Waals surface area contributed by atoms with Crippen molar-refractivity contribution in [2.75, 3.05) is 20.3 Å². The van der Waals surface area contributed by atoms with Crippen LogP contribution in [0.25, 0.3) is 11.3 Å². The zero-order valence-electron chi connectivity index (χ0n) is 15.6. The molecule has 0 bridgehead atoms. The fraction of sp³-hybridized carbons (Fsp3) is 0.238. The molecule has 0 saturated heterocycles. The largest absolute Gasteiger partial charge is 0.385 e. The van der Waals surface area contributed by atoms with Crippen LogP contribution >= 0.6 is 39.1 Å². The third kappa shape index (κ3) is 3.82. The van der Waals surface area contributed by atoms with Gasteiger partial charge in [0.15, 0.2) is 0 Å². The molecule has 1 atom stereocenters. The first-order valence-corrected chi connectivity index (χ1v) is 10.6. The van der Waals surface area contributed by atoms with Gasteiger partial charge in [-0.3, -0.25) is 9.89 Å². The third-order valence-electron chi connectivity index (χ3n) is 4.96. The van der Waals surface area contributed by atoms with Gasteiger partial charge in [0.05, 0.1) is 11.1 Å². The Morgan fingerprint density at radius 2 is 2.07 bits per heavy atom. The van der Waals surface area contributed by atoms with Crippen LogP contribution < -0.4 is 0 Å². The second-order valence-electron chi connectivity index (χ2n) is 6.79. The molecule has 2 aromatic carbocycles. The monoisotopic (exact) mass is 493 g/mol. The molecule has 4 rings (SSSR count). The summed E-state index contributed by atoms with van der Waals surface area (Å²) in [7, 11) is 1.66. The number of aromatic amines is 1. The number of fused-ring (bicyclic) bond motifs is 1. The fourth-order valence-corrected chi connectivity index (χ4v) is 4.63. The number of hydrogen-bond acceptors (Lipinski definition) is 3. The number of nitrogens with one attached hydrogen (secondary N) is 1. The van der Waals surface area contributed by atoms with E-state index in [0.29, 0.717) is 34.6 Å². The number of carbonyl (C=O) groups excluding carboxylic acids is 1. The molecular weight excluding hydrogens is 477 g/mol. The number of carbonyl (C=O) groups is 1. The van der Waals surface area contributed by atoms with Gasteiger partial charge in [-0.05, 0) is 42.3 Å². The van der Waals surface area contributed by atoms with Crippen LogP contribution in [0.5, 0.6) is 0 Å². The average Bonchev–Trinajstić information content (AvgIpc) is 3.22. The SMILES string of the molecule is COCCCN1C(=O)c2[nH]nc(-c3ccc(Cl)cc3Cl)c2C1c1cccc(Br)c1. The first kappa shape index (κ1) is 20.4. The maximum absolute atomic E-state index is 13.2. The fourth-order valence-electron chi connectivity index (χ4n) is 3.72. The molecule has 1 amide bonds. The number of benzene rings is 2. The lowest BCUT2D eigenvalue weighted by atomic mass is 9.96. The van der Waals surface area contributed by atoms with Crippen LogP contribution in [0, 0.1) is 0 Å². The number of H-pyrrole nitrogens is 1. The van der Waals surface area contributed by atoms with Crippen molar-refractivity contribution in [3.8, 4) is 11.3 Å². The Labute approximate surface area is 187 Å². The predicted octanol–water partition coefficient (Wildman–Crippen LogP) is 5.73. The van der Waals surface area contributed by atoms with Gasteiger partial charge >= 0.3 is 0 Å². The first-order valence-electron chi connectivity index (χ1n) is 9.10. The Kier molecular flexibility index (Phi) is 5.97. The van der Waals surface area contributed by atoms with Crippen molar-refractivity contribution < 1.29 is 9.53 Å². The zero-order valence-corrected chi connectivity index (χ0v) is 18.7. The molecule has 5 nitrogen and oxygen atoms in total. The summed E-state index contributed by atoms with van der Waals surface area (Å²) < 4.78 is 6.13. The smallest absolute Gasteiger partial charge is 0.273 e. The van der Waals surface area contributed by atoms with E-state index in [9.17, 15) is 4.79 Å². The van der Waals surface area contributed by atoms with E-state index in [1.54, 1.807) is 19.2 Å². The molecule has 0 fully saturated rings. The van der Waals surface area contributed by atoms with Crippen LogP contribution in [-0.2, 0) is 4.74 Å². The minimum absolute atomic E-state index is 0.0788. The van der Waals surface area contributed by atoms with E-state index in [-0.39, 0.29) is 11.9 Å². The number of halogens is 3. The number of nitrogens with zero attached hydrogens (tertiary/aromatic N) is 2. The molecule has 1 aliphatic rings. The van der Waals surface area contributed by atoms with Crippen molar-refractivity contribution >= 4 is 45.0 Å². The first-order chi connectivity index (χ1) is 14.0. The van der Waals surface area contributed by atoms with Crippen LogP contribution in [0.4, 0.5) is 0 Å². The van der Waals surface area contributed by atoms with Gasteiger partial charge in [-0.15, -0.1) is 0 Å². The molecule has 8 heteroatoms. The van der Waals surface area contributed by atoms with Crippen molar-refractivity contribution in [2.45, 2.75) is 12.5 Å². The predicted molar refractivity (Wildman–Crippen MR) is 118 cm³/mol. The Morgan fingerprint density at radius 3 is 2.79 bits per heavy atom. The van der Waals surface area contributed by atoms with Crippen LogP contribution in [0.2, 0.25) is 10.0 Å². The van der Waals surface area contributed by atoms with Crippen molar-refractivity contribution in [1.82, 2.24) is 15.1 Å². The second kappa shape index (κ2) is 8.48. The maximum atomic E-state index is 13.2. The lowest BCUT2D eigenvalue weighted by Crippen LogP contribution is -2.31. The lowest BCUT2D eigenvalue weighted by molar-refractivity contribution is 0.0723. The number of methoxy groups -OCH3 is 1. The van der Waals surface area contributed by atoms with Gasteiger partial charge < -0.3 is 9.64 Å². The second-order valence-corrected chi connectivity index (χ2v) is 8.55. The summed E-state index contributed by atoms with van der Waals surface area (Å²) in [5.74, 6) is -0.0788. The van der Waals surface area contributed by atoms with Crippen molar-refractivity contribution in [2.24, 2.45) is 0 Å². The Balaban J connectivity index is 1.85. The van der Waals surface area contributed by atoms with Gasteiger partial charge in [-0.2, -0.15) is 5.10 Å². The average molecular weight is 495 g/mol. The summed E-state index contributed by atoms with van der Waals surface area (Å²) in [6.07, 6.45) is 0.738. The zero-order chi connectivity index (χ0) is 20.5. The van der Waals surface area contributed by atoms with E-state index in [1.807, 2.05) is 35.2 Å². The number of aromatic nitrogens is 2. The lowest BCUT2D eigenvalue weighted by Gasteiger charge is -2.26. The molecular formula is C21H18BrCl2N3O2. The highest BCUT2D eigenvalue weighted by molar-refractivity contribution is 9.10. The van der Waals surface area contributed by atoms with E-state index < -0.39 is 0 Å². The molecule has 0 spiro atoms. The Bertz CT molecular complexity index is 1070. The van der Waals surface area contributed by atoms with Gasteiger partial charge in [-0.1, -0.05) is 51.3 Å². The third-order valence-corrected chi connectivity index (χ3v) is 6.00. The molecule has 1 aliphatic heterocycles. The highest BCUT2D eigenvalue weighted by Gasteiger charge is 2.42. The molecule has 0 radical (unpaired) electrons. The quantitative estimate of drug-likeness (QED) is 0.445. The van der Waals surface area contributed by atoms with Gasteiger partial charge in [0.2, 0.25) is 0 Å². The number of hydrogen-bond donors (Lipinski definition) is 1. The number of amides is 1. The molecule has 29 heavy (non-hydrogen) atoms. The topological polar surface area (TPSA) is 58.2 Å². The van der Waals surface area contributed by atoms with E-state index in [1.165, 1.54) is 0 Å². The van der Waals surface area contributed by atoms with Crippen molar-refractivity contribution in [3.63, 3.8) is 0 Å². The van der Waals surface area contributed by atoms with Crippen molar-refractivity contribution in [1.29, 1.82) is 0 Å². The maximum Gasteiger partial charge on any atom is 0.273 e. The Hall–Kier alpha value is -1.86. The Morgan fingerprint density at radius 1 is 1.24 bits per heavy atom. The molecule has 1 N–H and O–H groups in total. The molecule has 3 aromatic rings. The van der Waals surface area contributed by atoms with Crippen molar-refractivity contribution in [3.05, 3.63) is 73.8 Å². The van der Waals surface area contributed by atoms with E-state index >= 15 is 0 Å². The van der Waals surface area contributed by atoms with Gasteiger partial charge in [0.1, 0.15) is 11.4 Å². The molecule has 0 saturated carbocycles.